The van der Waals surface area contributed by atoms with Crippen LogP contribution in [0.3, 0.4) is 0 Å². The van der Waals surface area contributed by atoms with E-state index in [0.717, 1.165) is 19.5 Å². The summed E-state index contributed by atoms with van der Waals surface area (Å²) in [5.74, 6) is 0.358. The smallest absolute Gasteiger partial charge is 0.148 e. The zero-order valence-corrected chi connectivity index (χ0v) is 5.47. The van der Waals surface area contributed by atoms with Gasteiger partial charge in [0.25, 0.3) is 0 Å². The molecular weight excluding hydrogens is 114 g/mol. The van der Waals surface area contributed by atoms with E-state index in [1.165, 1.54) is 0 Å². The molecule has 9 heavy (non-hydrogen) atoms. The first-order valence-corrected chi connectivity index (χ1v) is 3.18. The van der Waals surface area contributed by atoms with E-state index in [1.807, 2.05) is 6.08 Å². The van der Waals surface area contributed by atoms with Gasteiger partial charge in [0.05, 0.1) is 6.54 Å². The highest BCUT2D eigenvalue weighted by Gasteiger charge is 2.16. The average molecular weight is 125 g/mol. The van der Waals surface area contributed by atoms with Crippen molar-refractivity contribution in [2.45, 2.75) is 6.42 Å². The highest BCUT2D eigenvalue weighted by molar-refractivity contribution is 5.82. The number of rotatable bonds is 2. The molecule has 50 valence electrons. The fourth-order valence-electron chi connectivity index (χ4n) is 1.03. The minimum absolute atomic E-state index is 0.358. The molecule has 1 aliphatic heterocycles. The van der Waals surface area contributed by atoms with Gasteiger partial charge in [-0.25, -0.2) is 0 Å². The van der Waals surface area contributed by atoms with E-state index in [2.05, 4.69) is 11.5 Å². The number of carbonyl (C=O) groups excluding carboxylic acids is 1. The van der Waals surface area contributed by atoms with E-state index in [1.54, 1.807) is 0 Å². The number of hydrogen-bond acceptors (Lipinski definition) is 2. The first kappa shape index (κ1) is 6.49. The van der Waals surface area contributed by atoms with Crippen LogP contribution >= 0.6 is 0 Å². The quantitative estimate of drug-likeness (QED) is 0.499. The molecule has 1 rings (SSSR count). The van der Waals surface area contributed by atoms with Crippen LogP contribution in [0.4, 0.5) is 0 Å². The largest absolute Gasteiger partial charge is 0.298 e. The first-order valence-electron chi connectivity index (χ1n) is 3.18. The molecule has 0 bridgehead atoms. The standard InChI is InChI=1S/C7H11NO/c1-2-4-8-5-3-7(9)6-8/h2H,1,3-6H2. The minimum Gasteiger partial charge on any atom is -0.298 e. The van der Waals surface area contributed by atoms with Crippen LogP contribution in [0.2, 0.25) is 0 Å². The summed E-state index contributed by atoms with van der Waals surface area (Å²) in [6.07, 6.45) is 2.56. The maximum atomic E-state index is 10.7. The third-order valence-corrected chi connectivity index (χ3v) is 1.49. The molecule has 1 aliphatic rings. The molecule has 1 heterocycles. The lowest BCUT2D eigenvalue weighted by Crippen LogP contribution is -2.20. The van der Waals surface area contributed by atoms with Crippen LogP contribution < -0.4 is 0 Å². The van der Waals surface area contributed by atoms with Gasteiger partial charge in [-0.3, -0.25) is 9.69 Å². The topological polar surface area (TPSA) is 20.3 Å². The van der Waals surface area contributed by atoms with E-state index in [4.69, 9.17) is 0 Å². The highest BCUT2D eigenvalue weighted by Crippen LogP contribution is 2.02. The van der Waals surface area contributed by atoms with Crippen molar-refractivity contribution >= 4 is 5.78 Å². The molecule has 0 aromatic heterocycles. The van der Waals surface area contributed by atoms with Crippen LogP contribution in [0.1, 0.15) is 6.42 Å². The average Bonchev–Trinajstić information content (AvgIpc) is 2.17. The van der Waals surface area contributed by atoms with Crippen LogP contribution in [0.5, 0.6) is 0 Å². The minimum atomic E-state index is 0.358. The van der Waals surface area contributed by atoms with Crippen molar-refractivity contribution < 1.29 is 4.79 Å². The van der Waals surface area contributed by atoms with Gasteiger partial charge in [0, 0.05) is 19.5 Å². The summed E-state index contributed by atoms with van der Waals surface area (Å²) in [7, 11) is 0. The van der Waals surface area contributed by atoms with Gasteiger partial charge in [-0.1, -0.05) is 6.08 Å². The number of Topliss-reactive ketones (excluding diaryl/α,β-unsaturated/α-hetero) is 1. The molecule has 0 unspecified atom stereocenters. The van der Waals surface area contributed by atoms with Gasteiger partial charge in [0.15, 0.2) is 0 Å². The molecule has 0 aromatic rings. The lowest BCUT2D eigenvalue weighted by molar-refractivity contribution is -0.116. The lowest BCUT2D eigenvalue weighted by Gasteiger charge is -2.08. The van der Waals surface area contributed by atoms with Crippen molar-refractivity contribution in [2.24, 2.45) is 0 Å². The molecule has 2 nitrogen and oxygen atoms in total. The predicted molar refractivity (Wildman–Crippen MR) is 36.3 cm³/mol. The molecule has 0 atom stereocenters. The summed E-state index contributed by atoms with van der Waals surface area (Å²) in [6.45, 7) is 6.00. The van der Waals surface area contributed by atoms with Crippen molar-refractivity contribution in [1.29, 1.82) is 0 Å². The van der Waals surface area contributed by atoms with Crippen LogP contribution in [-0.4, -0.2) is 30.3 Å². The number of nitrogens with zero attached hydrogens (tertiary/aromatic N) is 1. The summed E-state index contributed by atoms with van der Waals surface area (Å²) in [5, 5.41) is 0. The third-order valence-electron chi connectivity index (χ3n) is 1.49. The molecule has 0 radical (unpaired) electrons. The maximum absolute atomic E-state index is 10.7. The normalized spacial score (nSPS) is 20.7. The Labute approximate surface area is 55.2 Å². The monoisotopic (exact) mass is 125 g/mol. The SMILES string of the molecule is C=CCN1CCC(=O)C1. The molecule has 0 aliphatic carbocycles. The number of carbonyl (C=O) groups is 1. The van der Waals surface area contributed by atoms with E-state index in [9.17, 15) is 4.79 Å². The molecule has 0 N–H and O–H groups in total. The summed E-state index contributed by atoms with van der Waals surface area (Å²) in [6, 6.07) is 0. The van der Waals surface area contributed by atoms with Crippen molar-refractivity contribution in [1.82, 2.24) is 4.90 Å². The number of hydrogen-bond donors (Lipinski definition) is 0. The van der Waals surface area contributed by atoms with Gasteiger partial charge in [0.2, 0.25) is 0 Å². The van der Waals surface area contributed by atoms with Gasteiger partial charge in [-0.05, 0) is 0 Å². The van der Waals surface area contributed by atoms with Gasteiger partial charge < -0.3 is 0 Å². The van der Waals surface area contributed by atoms with Gasteiger partial charge in [0.1, 0.15) is 5.78 Å². The molecule has 2 heteroatoms. The van der Waals surface area contributed by atoms with Crippen LogP contribution in [0.15, 0.2) is 12.7 Å². The number of ketones is 1. The van der Waals surface area contributed by atoms with Crippen molar-refractivity contribution in [3.05, 3.63) is 12.7 Å². The zero-order valence-electron chi connectivity index (χ0n) is 5.47. The lowest BCUT2D eigenvalue weighted by atomic mass is 10.4. The molecule has 0 aromatic carbocycles. The number of likely N-dealkylation sites (tertiary alicyclic amines) is 1. The molecule has 0 amide bonds. The Bertz CT molecular complexity index is 131. The summed E-state index contributed by atoms with van der Waals surface area (Å²) in [4.78, 5) is 12.7. The Balaban J connectivity index is 2.29. The van der Waals surface area contributed by atoms with Crippen LogP contribution in [0, 0.1) is 0 Å². The molecule has 0 spiro atoms. The predicted octanol–water partition coefficient (Wildman–Crippen LogP) is 0.447. The van der Waals surface area contributed by atoms with Gasteiger partial charge in [-0.2, -0.15) is 0 Å². The highest BCUT2D eigenvalue weighted by atomic mass is 16.1. The Morgan fingerprint density at radius 3 is 3.00 bits per heavy atom. The van der Waals surface area contributed by atoms with E-state index in [0.29, 0.717) is 12.3 Å². The maximum Gasteiger partial charge on any atom is 0.148 e. The summed E-state index contributed by atoms with van der Waals surface area (Å²) >= 11 is 0. The Morgan fingerprint density at radius 1 is 1.78 bits per heavy atom. The van der Waals surface area contributed by atoms with E-state index >= 15 is 0 Å². The van der Waals surface area contributed by atoms with Crippen molar-refractivity contribution in [2.75, 3.05) is 19.6 Å². The molecular formula is C7H11NO. The van der Waals surface area contributed by atoms with Crippen molar-refractivity contribution in [3.63, 3.8) is 0 Å². The Morgan fingerprint density at radius 2 is 2.56 bits per heavy atom. The fraction of sp³-hybridized carbons (Fsp3) is 0.571. The molecule has 1 saturated heterocycles. The van der Waals surface area contributed by atoms with E-state index in [-0.39, 0.29) is 0 Å². The second-order valence-corrected chi connectivity index (χ2v) is 2.31. The first-order chi connectivity index (χ1) is 4.33. The van der Waals surface area contributed by atoms with Crippen LogP contribution in [-0.2, 0) is 4.79 Å². The van der Waals surface area contributed by atoms with Crippen molar-refractivity contribution in [3.8, 4) is 0 Å². The third kappa shape index (κ3) is 1.64. The summed E-state index contributed by atoms with van der Waals surface area (Å²) in [5.41, 5.74) is 0. The summed E-state index contributed by atoms with van der Waals surface area (Å²) < 4.78 is 0. The second-order valence-electron chi connectivity index (χ2n) is 2.31. The van der Waals surface area contributed by atoms with E-state index < -0.39 is 0 Å². The van der Waals surface area contributed by atoms with Gasteiger partial charge in [-0.15, -0.1) is 6.58 Å². The van der Waals surface area contributed by atoms with Crippen LogP contribution in [0.25, 0.3) is 0 Å². The zero-order chi connectivity index (χ0) is 6.69. The molecule has 0 saturated carbocycles. The molecule has 1 fully saturated rings. The fourth-order valence-corrected chi connectivity index (χ4v) is 1.03. The van der Waals surface area contributed by atoms with Gasteiger partial charge >= 0.3 is 0 Å². The second kappa shape index (κ2) is 2.78. The Kier molecular flexibility index (Phi) is 2.01. The Hall–Kier alpha value is -0.630.